The molecule has 102 valence electrons. The summed E-state index contributed by atoms with van der Waals surface area (Å²) in [4.78, 5) is 11.4. The van der Waals surface area contributed by atoms with Crippen LogP contribution < -0.4 is 27.9 Å². The van der Waals surface area contributed by atoms with Crippen molar-refractivity contribution in [2.24, 2.45) is 17.2 Å². The predicted molar refractivity (Wildman–Crippen MR) is 69.0 cm³/mol. The minimum Gasteiger partial charge on any atom is -0.355 e. The first-order valence-electron chi connectivity index (χ1n) is 6.07. The number of carbonyl (C=O) groups excluding carboxylic acids is 1. The molecule has 0 aliphatic rings. The first-order valence-corrected chi connectivity index (χ1v) is 6.07. The molecule has 17 heavy (non-hydrogen) atoms. The van der Waals surface area contributed by atoms with E-state index >= 15 is 0 Å². The predicted octanol–water partition coefficient (Wildman–Crippen LogP) is -2.44. The van der Waals surface area contributed by atoms with Gasteiger partial charge < -0.3 is 22.5 Å². The minimum absolute atomic E-state index is 0.113. The van der Waals surface area contributed by atoms with Gasteiger partial charge in [0.05, 0.1) is 6.04 Å². The number of rotatable bonds is 10. The average Bonchev–Trinajstić information content (AvgIpc) is 2.29. The highest BCUT2D eigenvalue weighted by Gasteiger charge is 2.12. The van der Waals surface area contributed by atoms with Gasteiger partial charge >= 0.3 is 0 Å². The highest BCUT2D eigenvalue weighted by Crippen LogP contribution is 1.88. The van der Waals surface area contributed by atoms with Crippen molar-refractivity contribution in [3.05, 3.63) is 0 Å². The van der Waals surface area contributed by atoms with Gasteiger partial charge in [0.25, 0.3) is 0 Å². The third-order valence-electron chi connectivity index (χ3n) is 2.28. The fraction of sp³-hybridized carbons (Fsp3) is 0.900. The number of likely N-dealkylation sites (N-methyl/N-ethyl adjacent to an activating group) is 1. The fourth-order valence-corrected chi connectivity index (χ4v) is 1.40. The van der Waals surface area contributed by atoms with Gasteiger partial charge in [-0.25, -0.2) is 5.01 Å². The molecule has 0 saturated carbocycles. The third kappa shape index (κ3) is 8.06. The average molecular weight is 246 g/mol. The number of nitrogens with one attached hydrogen (secondary N) is 2. The topological polar surface area (TPSA) is 122 Å². The quantitative estimate of drug-likeness (QED) is 0.273. The van der Waals surface area contributed by atoms with Crippen LogP contribution in [-0.2, 0) is 4.79 Å². The summed E-state index contributed by atoms with van der Waals surface area (Å²) in [5, 5.41) is 4.64. The molecular weight excluding hydrogens is 220 g/mol. The number of hydrogen-bond donors (Lipinski definition) is 5. The molecule has 7 heteroatoms. The number of hydrogen-bond acceptors (Lipinski definition) is 6. The highest BCUT2D eigenvalue weighted by atomic mass is 16.2. The Morgan fingerprint density at radius 3 is 2.35 bits per heavy atom. The maximum Gasteiger partial charge on any atom is 0.236 e. The highest BCUT2D eigenvalue weighted by molar-refractivity contribution is 5.81. The molecule has 0 saturated heterocycles. The summed E-state index contributed by atoms with van der Waals surface area (Å²) in [5.74, 6) is -0.113. The first kappa shape index (κ1) is 16.3. The Hall–Kier alpha value is -0.730. The number of hydrazine groups is 1. The molecule has 0 aromatic rings. The van der Waals surface area contributed by atoms with Gasteiger partial charge in [0, 0.05) is 39.3 Å². The Morgan fingerprint density at radius 2 is 1.88 bits per heavy atom. The second-order valence-electron chi connectivity index (χ2n) is 3.76. The van der Waals surface area contributed by atoms with Gasteiger partial charge in [0.15, 0.2) is 0 Å². The number of amides is 1. The molecule has 0 aliphatic carbocycles. The molecule has 0 rings (SSSR count). The number of carbonyl (C=O) groups is 1. The van der Waals surface area contributed by atoms with Crippen LogP contribution in [0, 0.1) is 0 Å². The van der Waals surface area contributed by atoms with Crippen molar-refractivity contribution in [1.29, 1.82) is 0 Å². The molecule has 0 spiro atoms. The van der Waals surface area contributed by atoms with Gasteiger partial charge in [-0.05, 0) is 13.3 Å². The van der Waals surface area contributed by atoms with E-state index in [1.54, 1.807) is 0 Å². The van der Waals surface area contributed by atoms with Gasteiger partial charge in [-0.3, -0.25) is 10.2 Å². The molecule has 8 N–H and O–H groups in total. The molecular formula is C10H26N6O. The SMILES string of the molecule is CCNC(=O)C(N)CCNN(CCN)CCN. The normalized spacial score (nSPS) is 12.8. The van der Waals surface area contributed by atoms with Crippen LogP contribution in [0.15, 0.2) is 0 Å². The van der Waals surface area contributed by atoms with Crippen molar-refractivity contribution in [3.63, 3.8) is 0 Å². The van der Waals surface area contributed by atoms with E-state index in [0.717, 1.165) is 13.1 Å². The zero-order chi connectivity index (χ0) is 13.1. The van der Waals surface area contributed by atoms with Crippen molar-refractivity contribution in [2.45, 2.75) is 19.4 Å². The first-order chi connectivity index (χ1) is 8.15. The van der Waals surface area contributed by atoms with Crippen molar-refractivity contribution >= 4 is 5.91 Å². The lowest BCUT2D eigenvalue weighted by Crippen LogP contribution is -2.47. The van der Waals surface area contributed by atoms with Crippen LogP contribution in [0.3, 0.4) is 0 Å². The summed E-state index contributed by atoms with van der Waals surface area (Å²) in [6.45, 7) is 5.70. The van der Waals surface area contributed by atoms with E-state index in [1.807, 2.05) is 11.9 Å². The molecule has 1 atom stereocenters. The summed E-state index contributed by atoms with van der Waals surface area (Å²) < 4.78 is 0. The van der Waals surface area contributed by atoms with Crippen molar-refractivity contribution in [1.82, 2.24) is 15.8 Å². The lowest BCUT2D eigenvalue weighted by atomic mass is 10.2. The van der Waals surface area contributed by atoms with Crippen LogP contribution in [-0.4, -0.2) is 56.2 Å². The summed E-state index contributed by atoms with van der Waals surface area (Å²) >= 11 is 0. The summed E-state index contributed by atoms with van der Waals surface area (Å²) in [6, 6.07) is -0.472. The third-order valence-corrected chi connectivity index (χ3v) is 2.28. The molecule has 0 heterocycles. The van der Waals surface area contributed by atoms with Gasteiger partial charge in [0.1, 0.15) is 0 Å². The fourth-order valence-electron chi connectivity index (χ4n) is 1.40. The molecule has 1 unspecified atom stereocenters. The van der Waals surface area contributed by atoms with E-state index in [2.05, 4.69) is 10.7 Å². The molecule has 0 radical (unpaired) electrons. The molecule has 0 aliphatic heterocycles. The molecule has 7 nitrogen and oxygen atoms in total. The van der Waals surface area contributed by atoms with Gasteiger partial charge in [-0.1, -0.05) is 0 Å². The van der Waals surface area contributed by atoms with Crippen molar-refractivity contribution in [2.75, 3.05) is 39.3 Å². The summed E-state index contributed by atoms with van der Waals surface area (Å²) in [5.41, 5.74) is 19.8. The Balaban J connectivity index is 3.74. The maximum absolute atomic E-state index is 11.4. The number of nitrogens with two attached hydrogens (primary N) is 3. The van der Waals surface area contributed by atoms with E-state index in [-0.39, 0.29) is 5.91 Å². The molecule has 0 bridgehead atoms. The monoisotopic (exact) mass is 246 g/mol. The smallest absolute Gasteiger partial charge is 0.236 e. The van der Waals surface area contributed by atoms with Crippen molar-refractivity contribution < 1.29 is 4.79 Å². The maximum atomic E-state index is 11.4. The minimum atomic E-state index is -0.472. The van der Waals surface area contributed by atoms with Gasteiger partial charge in [0.2, 0.25) is 5.91 Å². The Kier molecular flexibility index (Phi) is 9.98. The molecule has 1 amide bonds. The van der Waals surface area contributed by atoms with Crippen LogP contribution in [0.5, 0.6) is 0 Å². The van der Waals surface area contributed by atoms with E-state index in [4.69, 9.17) is 17.2 Å². The molecule has 0 aromatic heterocycles. The van der Waals surface area contributed by atoms with E-state index in [9.17, 15) is 4.79 Å². The van der Waals surface area contributed by atoms with Crippen LogP contribution in [0.4, 0.5) is 0 Å². The standard InChI is InChI=1S/C10H26N6O/c1-2-14-10(17)9(13)3-6-15-16(7-4-11)8-5-12/h9,15H,2-8,11-13H2,1H3,(H,14,17). The Morgan fingerprint density at radius 1 is 1.29 bits per heavy atom. The summed E-state index contributed by atoms with van der Waals surface area (Å²) in [6.07, 6.45) is 0.581. The number of nitrogens with zero attached hydrogens (tertiary/aromatic N) is 1. The molecule has 0 fully saturated rings. The van der Waals surface area contributed by atoms with Crippen LogP contribution in [0.25, 0.3) is 0 Å². The Bertz CT molecular complexity index is 195. The van der Waals surface area contributed by atoms with E-state index < -0.39 is 6.04 Å². The van der Waals surface area contributed by atoms with Gasteiger partial charge in [-0.2, -0.15) is 0 Å². The largest absolute Gasteiger partial charge is 0.355 e. The Labute approximate surface area is 103 Å². The van der Waals surface area contributed by atoms with Crippen molar-refractivity contribution in [3.8, 4) is 0 Å². The summed E-state index contributed by atoms with van der Waals surface area (Å²) in [7, 11) is 0. The zero-order valence-electron chi connectivity index (χ0n) is 10.6. The zero-order valence-corrected chi connectivity index (χ0v) is 10.6. The van der Waals surface area contributed by atoms with Crippen LogP contribution in [0.1, 0.15) is 13.3 Å². The van der Waals surface area contributed by atoms with Crippen LogP contribution >= 0.6 is 0 Å². The van der Waals surface area contributed by atoms with Crippen LogP contribution in [0.2, 0.25) is 0 Å². The van der Waals surface area contributed by atoms with Gasteiger partial charge in [-0.15, -0.1) is 0 Å². The van der Waals surface area contributed by atoms with E-state index in [0.29, 0.717) is 32.6 Å². The second-order valence-corrected chi connectivity index (χ2v) is 3.76. The lowest BCUT2D eigenvalue weighted by molar-refractivity contribution is -0.122. The molecule has 0 aromatic carbocycles. The van der Waals surface area contributed by atoms with E-state index in [1.165, 1.54) is 0 Å². The lowest BCUT2D eigenvalue weighted by Gasteiger charge is -2.22. The second kappa shape index (κ2) is 10.4.